The summed E-state index contributed by atoms with van der Waals surface area (Å²) in [5.74, 6) is 1.93. The number of hydrogen-bond donors (Lipinski definition) is 0. The van der Waals surface area contributed by atoms with E-state index in [-0.39, 0.29) is 23.2 Å². The van der Waals surface area contributed by atoms with Gasteiger partial charge in [0.25, 0.3) is 0 Å². The van der Waals surface area contributed by atoms with E-state index >= 15 is 0 Å². The van der Waals surface area contributed by atoms with Gasteiger partial charge < -0.3 is 4.74 Å². The molecule has 5 atom stereocenters. The average molecular weight is 441 g/mol. The zero-order valence-corrected chi connectivity index (χ0v) is 18.9. The first-order valence-corrected chi connectivity index (χ1v) is 12.0. The van der Waals surface area contributed by atoms with Gasteiger partial charge in [0.2, 0.25) is 0 Å². The minimum absolute atomic E-state index is 0.0413. The first kappa shape index (κ1) is 20.5. The minimum Gasteiger partial charge on any atom is -0.489 e. The number of carbonyl (C=O) groups excluding carboxylic acids is 1. The number of aromatic nitrogens is 1. The highest BCUT2D eigenvalue weighted by Gasteiger charge is 2.55. The lowest BCUT2D eigenvalue weighted by atomic mass is 9.61. The van der Waals surface area contributed by atoms with Crippen LogP contribution in [-0.2, 0) is 9.53 Å². The molecule has 2 heterocycles. The van der Waals surface area contributed by atoms with Crippen LogP contribution in [0.5, 0.6) is 0 Å². The van der Waals surface area contributed by atoms with Gasteiger partial charge in [-0.25, -0.2) is 0 Å². The molecular formula is C27H28N4O2. The Morgan fingerprint density at radius 2 is 2.15 bits per heavy atom. The monoisotopic (exact) mass is 440 g/mol. The molecule has 3 aliphatic carbocycles. The number of benzene rings is 1. The molecule has 0 N–H and O–H groups in total. The maximum absolute atomic E-state index is 12.8. The van der Waals surface area contributed by atoms with Gasteiger partial charge in [0.1, 0.15) is 11.9 Å². The fourth-order valence-electron chi connectivity index (χ4n) is 6.98. The average Bonchev–Trinajstić information content (AvgIpc) is 3.19. The van der Waals surface area contributed by atoms with Gasteiger partial charge in [-0.2, -0.15) is 0 Å². The third-order valence-corrected chi connectivity index (χ3v) is 8.71. The molecule has 0 spiro atoms. The van der Waals surface area contributed by atoms with Crippen LogP contribution in [0.2, 0.25) is 0 Å². The Bertz CT molecular complexity index is 1260. The van der Waals surface area contributed by atoms with Crippen LogP contribution in [0.15, 0.2) is 64.8 Å². The highest BCUT2D eigenvalue weighted by molar-refractivity contribution is 6.00. The number of ketones is 1. The first-order valence-electron chi connectivity index (χ1n) is 12.0. The summed E-state index contributed by atoms with van der Waals surface area (Å²) >= 11 is 0. The zero-order chi connectivity index (χ0) is 22.6. The van der Waals surface area contributed by atoms with E-state index in [2.05, 4.69) is 52.3 Å². The number of hydrogen-bond acceptors (Lipinski definition) is 4. The topological polar surface area (TPSA) is 88.0 Å². The molecule has 168 valence electrons. The Morgan fingerprint density at radius 3 is 3.03 bits per heavy atom. The lowest BCUT2D eigenvalue weighted by Crippen LogP contribution is -2.43. The molecule has 0 radical (unpaired) electrons. The molecule has 6 rings (SSSR count). The number of fused-ring (bicyclic) bond motifs is 4. The van der Waals surface area contributed by atoms with Crippen molar-refractivity contribution in [3.63, 3.8) is 0 Å². The number of rotatable bonds is 3. The predicted octanol–water partition coefficient (Wildman–Crippen LogP) is 6.40. The molecule has 2 aromatic rings. The molecular weight excluding hydrogens is 412 g/mol. The lowest BCUT2D eigenvalue weighted by molar-refractivity contribution is -0.117. The van der Waals surface area contributed by atoms with Crippen molar-refractivity contribution in [3.05, 3.63) is 75.6 Å². The third kappa shape index (κ3) is 3.27. The Labute approximate surface area is 193 Å². The number of pyridine rings is 1. The first-order chi connectivity index (χ1) is 16.1. The molecule has 6 nitrogen and oxygen atoms in total. The lowest BCUT2D eigenvalue weighted by Gasteiger charge is -2.48. The number of carbonyl (C=O) groups is 1. The number of allylic oxidation sites excluding steroid dienone is 3. The summed E-state index contributed by atoms with van der Waals surface area (Å²) in [5.41, 5.74) is 12.3. The molecule has 0 bridgehead atoms. The summed E-state index contributed by atoms with van der Waals surface area (Å²) < 4.78 is 6.65. The summed E-state index contributed by atoms with van der Waals surface area (Å²) in [6.07, 6.45) is 11.5. The Hall–Kier alpha value is -3.11. The molecule has 4 aliphatic rings. The van der Waals surface area contributed by atoms with Crippen molar-refractivity contribution in [2.45, 2.75) is 57.5 Å². The van der Waals surface area contributed by atoms with Gasteiger partial charge in [-0.05, 0) is 83.2 Å². The second kappa shape index (κ2) is 7.74. The fraction of sp³-hybridized carbons (Fsp3) is 0.481. The summed E-state index contributed by atoms with van der Waals surface area (Å²) in [6, 6.07) is 8.92. The summed E-state index contributed by atoms with van der Waals surface area (Å²) in [4.78, 5) is 20.0. The third-order valence-electron chi connectivity index (χ3n) is 8.71. The van der Waals surface area contributed by atoms with E-state index in [9.17, 15) is 4.79 Å². The molecule has 0 saturated heterocycles. The molecule has 1 aromatic carbocycles. The molecule has 6 heteroatoms. The van der Waals surface area contributed by atoms with Gasteiger partial charge in [-0.3, -0.25) is 9.78 Å². The van der Waals surface area contributed by atoms with Crippen LogP contribution in [0.3, 0.4) is 0 Å². The second-order valence-corrected chi connectivity index (χ2v) is 10.4. The summed E-state index contributed by atoms with van der Waals surface area (Å²) in [6.45, 7) is 2.80. The van der Waals surface area contributed by atoms with Gasteiger partial charge in [-0.1, -0.05) is 24.2 Å². The van der Waals surface area contributed by atoms with E-state index in [1.165, 1.54) is 21.9 Å². The van der Waals surface area contributed by atoms with E-state index in [0.29, 0.717) is 31.2 Å². The Balaban J connectivity index is 1.29. The van der Waals surface area contributed by atoms with Crippen LogP contribution < -0.4 is 0 Å². The minimum atomic E-state index is 0.0413. The molecule has 1 unspecified atom stereocenters. The van der Waals surface area contributed by atoms with Crippen molar-refractivity contribution in [1.82, 2.24) is 4.98 Å². The smallest absolute Gasteiger partial charge is 0.166 e. The van der Waals surface area contributed by atoms with Gasteiger partial charge in [0.05, 0.1) is 5.57 Å². The maximum atomic E-state index is 12.8. The Kier molecular flexibility index (Phi) is 4.81. The highest BCUT2D eigenvalue weighted by atomic mass is 16.5. The van der Waals surface area contributed by atoms with E-state index in [0.717, 1.165) is 37.0 Å². The van der Waals surface area contributed by atoms with E-state index in [1.807, 2.05) is 12.4 Å². The van der Waals surface area contributed by atoms with E-state index in [1.54, 1.807) is 0 Å². The van der Waals surface area contributed by atoms with Crippen molar-refractivity contribution in [2.24, 2.45) is 22.4 Å². The predicted molar refractivity (Wildman–Crippen MR) is 126 cm³/mol. The summed E-state index contributed by atoms with van der Waals surface area (Å²) in [7, 11) is 0. The van der Waals surface area contributed by atoms with Gasteiger partial charge in [-0.15, -0.1) is 0 Å². The number of azide groups is 1. The molecule has 2 saturated carbocycles. The normalized spacial score (nSPS) is 32.9. The maximum Gasteiger partial charge on any atom is 0.166 e. The standard InChI is InChI=1S/C27H28N4O2/c1-27-8-6-19-13-21-24(32)10-16(14-30-31-28)11-25(21)33-26(19)23(27)5-4-22(27)18-3-2-17-7-9-29-15-20(17)12-18/h2-3,7,9,12-13,15-16,22-23,26H,4-6,8,10-11,14H2,1H3/t16?,22-,23+,26-,27-/m1/s1. The second-order valence-electron chi connectivity index (χ2n) is 10.4. The van der Waals surface area contributed by atoms with Gasteiger partial charge in [0.15, 0.2) is 5.78 Å². The quantitative estimate of drug-likeness (QED) is 0.314. The number of Topliss-reactive ketones (excluding diaryl/α,β-unsaturated/α-hetero) is 1. The number of ether oxygens (including phenoxy) is 1. The zero-order valence-electron chi connectivity index (χ0n) is 18.9. The largest absolute Gasteiger partial charge is 0.489 e. The van der Waals surface area contributed by atoms with Gasteiger partial charge in [0, 0.05) is 48.0 Å². The molecule has 2 fully saturated rings. The SMILES string of the molecule is C[C@]12CCC3=CC4=C(CC(CN=[N+]=[N-])CC4=O)O[C@H]3[C@@H]1CC[C@@H]2c1ccc2ccncc2c1. The molecule has 1 aromatic heterocycles. The fourth-order valence-corrected chi connectivity index (χ4v) is 6.98. The number of nitrogens with zero attached hydrogens (tertiary/aromatic N) is 4. The van der Waals surface area contributed by atoms with Crippen molar-refractivity contribution in [3.8, 4) is 0 Å². The molecule has 1 aliphatic heterocycles. The summed E-state index contributed by atoms with van der Waals surface area (Å²) in [5, 5.41) is 6.14. The van der Waals surface area contributed by atoms with Crippen molar-refractivity contribution in [1.29, 1.82) is 0 Å². The van der Waals surface area contributed by atoms with Gasteiger partial charge >= 0.3 is 0 Å². The van der Waals surface area contributed by atoms with Crippen LogP contribution in [0.25, 0.3) is 21.2 Å². The van der Waals surface area contributed by atoms with Crippen LogP contribution in [0.4, 0.5) is 0 Å². The van der Waals surface area contributed by atoms with Crippen molar-refractivity contribution in [2.75, 3.05) is 6.54 Å². The van der Waals surface area contributed by atoms with Crippen LogP contribution in [0.1, 0.15) is 56.9 Å². The molecule has 0 amide bonds. The molecule has 33 heavy (non-hydrogen) atoms. The highest BCUT2D eigenvalue weighted by Crippen LogP contribution is 2.62. The van der Waals surface area contributed by atoms with Crippen molar-refractivity contribution >= 4 is 16.6 Å². The van der Waals surface area contributed by atoms with E-state index < -0.39 is 0 Å². The Morgan fingerprint density at radius 1 is 1.24 bits per heavy atom. The van der Waals surface area contributed by atoms with Crippen LogP contribution in [-0.4, -0.2) is 23.4 Å². The van der Waals surface area contributed by atoms with Crippen LogP contribution in [0, 0.1) is 17.3 Å². The van der Waals surface area contributed by atoms with Crippen LogP contribution >= 0.6 is 0 Å². The van der Waals surface area contributed by atoms with E-state index in [4.69, 9.17) is 10.3 Å². The van der Waals surface area contributed by atoms with Crippen molar-refractivity contribution < 1.29 is 9.53 Å².